The highest BCUT2D eigenvalue weighted by Gasteiger charge is 2.18. The van der Waals surface area contributed by atoms with Crippen LogP contribution in [0, 0.1) is 10.1 Å². The predicted molar refractivity (Wildman–Crippen MR) is 55.6 cm³/mol. The number of benzene rings is 1. The molecule has 1 aromatic carbocycles. The molecule has 0 atom stereocenters. The minimum absolute atomic E-state index is 0.0805. The van der Waals surface area contributed by atoms with E-state index in [4.69, 9.17) is 14.7 Å². The van der Waals surface area contributed by atoms with Crippen LogP contribution in [0.2, 0.25) is 0 Å². The normalized spacial score (nSPS) is 10.4. The maximum absolute atomic E-state index is 10.7. The van der Waals surface area contributed by atoms with E-state index < -0.39 is 4.92 Å². The van der Waals surface area contributed by atoms with E-state index in [2.05, 4.69) is 5.16 Å². The molecule has 0 saturated heterocycles. The number of ether oxygens (including phenoxy) is 2. The van der Waals surface area contributed by atoms with Gasteiger partial charge in [0.15, 0.2) is 0 Å². The van der Waals surface area contributed by atoms with E-state index in [1.807, 2.05) is 0 Å². The molecule has 0 aromatic heterocycles. The number of methoxy groups -OCH3 is 2. The van der Waals surface area contributed by atoms with E-state index in [1.54, 1.807) is 0 Å². The molecule has 0 aliphatic carbocycles. The molecule has 0 fully saturated rings. The zero-order valence-corrected chi connectivity index (χ0v) is 8.71. The van der Waals surface area contributed by atoms with Gasteiger partial charge in [0.2, 0.25) is 5.75 Å². The van der Waals surface area contributed by atoms with Crippen LogP contribution in [0.1, 0.15) is 5.56 Å². The Labute approximate surface area is 91.0 Å². The molecule has 1 aromatic rings. The fourth-order valence-corrected chi connectivity index (χ4v) is 1.21. The molecule has 0 unspecified atom stereocenters. The van der Waals surface area contributed by atoms with Crippen molar-refractivity contribution in [3.63, 3.8) is 0 Å². The SMILES string of the molecule is COc1cc(OC)c([N+](=O)[O-])cc1/C=N\O. The van der Waals surface area contributed by atoms with E-state index in [-0.39, 0.29) is 17.0 Å². The van der Waals surface area contributed by atoms with Gasteiger partial charge in [-0.25, -0.2) is 0 Å². The highest BCUT2D eigenvalue weighted by atomic mass is 16.6. The molecule has 0 aliphatic heterocycles. The van der Waals surface area contributed by atoms with Crippen LogP contribution in [0.15, 0.2) is 17.3 Å². The van der Waals surface area contributed by atoms with Crippen LogP contribution in [0.25, 0.3) is 0 Å². The van der Waals surface area contributed by atoms with Crippen LogP contribution in [-0.2, 0) is 0 Å². The number of nitrogens with zero attached hydrogens (tertiary/aromatic N) is 2. The first kappa shape index (κ1) is 11.8. The molecule has 0 saturated carbocycles. The van der Waals surface area contributed by atoms with E-state index in [1.165, 1.54) is 26.4 Å². The van der Waals surface area contributed by atoms with E-state index >= 15 is 0 Å². The summed E-state index contributed by atoms with van der Waals surface area (Å²) in [6.45, 7) is 0. The molecule has 16 heavy (non-hydrogen) atoms. The maximum atomic E-state index is 10.7. The molecule has 0 radical (unpaired) electrons. The molecule has 0 aliphatic rings. The van der Waals surface area contributed by atoms with E-state index in [0.29, 0.717) is 5.75 Å². The smallest absolute Gasteiger partial charge is 0.311 e. The third-order valence-electron chi connectivity index (χ3n) is 1.92. The molecular formula is C9H10N2O5. The Morgan fingerprint density at radius 2 is 2.00 bits per heavy atom. The van der Waals surface area contributed by atoms with Gasteiger partial charge in [0.25, 0.3) is 0 Å². The van der Waals surface area contributed by atoms with Gasteiger partial charge in [0.05, 0.1) is 25.4 Å². The molecule has 86 valence electrons. The maximum Gasteiger partial charge on any atom is 0.311 e. The van der Waals surface area contributed by atoms with Gasteiger partial charge in [-0.05, 0) is 0 Å². The molecule has 7 nitrogen and oxygen atoms in total. The van der Waals surface area contributed by atoms with Crippen LogP contribution in [0.4, 0.5) is 5.69 Å². The number of rotatable bonds is 4. The second-order valence-electron chi connectivity index (χ2n) is 2.77. The van der Waals surface area contributed by atoms with E-state index in [0.717, 1.165) is 6.21 Å². The molecule has 0 bridgehead atoms. The number of nitro groups is 1. The van der Waals surface area contributed by atoms with Crippen molar-refractivity contribution in [3.8, 4) is 11.5 Å². The first-order chi connectivity index (χ1) is 7.63. The van der Waals surface area contributed by atoms with Gasteiger partial charge in [-0.1, -0.05) is 5.16 Å². The van der Waals surface area contributed by atoms with E-state index in [9.17, 15) is 10.1 Å². The first-order valence-corrected chi connectivity index (χ1v) is 4.22. The van der Waals surface area contributed by atoms with Crippen LogP contribution in [0.5, 0.6) is 11.5 Å². The molecule has 1 N–H and O–H groups in total. The van der Waals surface area contributed by atoms with Gasteiger partial charge in [0, 0.05) is 17.7 Å². The minimum atomic E-state index is -0.590. The molecule has 0 heterocycles. The van der Waals surface area contributed by atoms with Gasteiger partial charge < -0.3 is 14.7 Å². The number of nitro benzene ring substituents is 1. The molecule has 0 spiro atoms. The first-order valence-electron chi connectivity index (χ1n) is 4.22. The molecule has 7 heteroatoms. The quantitative estimate of drug-likeness (QED) is 0.362. The summed E-state index contributed by atoms with van der Waals surface area (Å²) in [6.07, 6.45) is 1.05. The van der Waals surface area contributed by atoms with Crippen molar-refractivity contribution in [3.05, 3.63) is 27.8 Å². The topological polar surface area (TPSA) is 94.2 Å². The Kier molecular flexibility index (Phi) is 3.65. The predicted octanol–water partition coefficient (Wildman–Crippen LogP) is 1.42. The van der Waals surface area contributed by atoms with Gasteiger partial charge in [-0.2, -0.15) is 0 Å². The van der Waals surface area contributed by atoms with Crippen molar-refractivity contribution < 1.29 is 19.6 Å². The summed E-state index contributed by atoms with van der Waals surface area (Å²) in [4.78, 5) is 10.1. The Morgan fingerprint density at radius 1 is 1.38 bits per heavy atom. The van der Waals surface area contributed by atoms with Crippen LogP contribution in [-0.4, -0.2) is 30.6 Å². The molecule has 1 rings (SSSR count). The Morgan fingerprint density at radius 3 is 2.44 bits per heavy atom. The average molecular weight is 226 g/mol. The lowest BCUT2D eigenvalue weighted by atomic mass is 10.2. The Balaban J connectivity index is 3.40. The summed E-state index contributed by atoms with van der Waals surface area (Å²) in [5.74, 6) is 0.400. The van der Waals surface area contributed by atoms with Gasteiger partial charge >= 0.3 is 5.69 Å². The van der Waals surface area contributed by atoms with Crippen molar-refractivity contribution >= 4 is 11.9 Å². The zero-order chi connectivity index (χ0) is 12.1. The van der Waals surface area contributed by atoms with Gasteiger partial charge in [-0.3, -0.25) is 10.1 Å². The lowest BCUT2D eigenvalue weighted by Gasteiger charge is -2.07. The molecular weight excluding hydrogens is 216 g/mol. The second kappa shape index (κ2) is 4.96. The van der Waals surface area contributed by atoms with Crippen LogP contribution in [0.3, 0.4) is 0 Å². The summed E-state index contributed by atoms with van der Waals surface area (Å²) < 4.78 is 9.82. The highest BCUT2D eigenvalue weighted by Crippen LogP contribution is 2.33. The van der Waals surface area contributed by atoms with Crippen LogP contribution >= 0.6 is 0 Å². The molecule has 0 amide bonds. The Hall–Kier alpha value is -2.31. The van der Waals surface area contributed by atoms with Crippen molar-refractivity contribution in [1.82, 2.24) is 0 Å². The minimum Gasteiger partial charge on any atom is -0.496 e. The van der Waals surface area contributed by atoms with Crippen LogP contribution < -0.4 is 9.47 Å². The number of hydrogen-bond acceptors (Lipinski definition) is 6. The van der Waals surface area contributed by atoms with Crippen molar-refractivity contribution in [2.45, 2.75) is 0 Å². The lowest BCUT2D eigenvalue weighted by molar-refractivity contribution is -0.385. The van der Waals surface area contributed by atoms with Crippen molar-refractivity contribution in [2.75, 3.05) is 14.2 Å². The summed E-state index contributed by atoms with van der Waals surface area (Å²) >= 11 is 0. The fraction of sp³-hybridized carbons (Fsp3) is 0.222. The second-order valence-corrected chi connectivity index (χ2v) is 2.77. The lowest BCUT2D eigenvalue weighted by Crippen LogP contribution is -1.98. The third-order valence-corrected chi connectivity index (χ3v) is 1.92. The van der Waals surface area contributed by atoms with Crippen molar-refractivity contribution in [1.29, 1.82) is 0 Å². The summed E-state index contributed by atoms with van der Waals surface area (Å²) in [7, 11) is 2.72. The monoisotopic (exact) mass is 226 g/mol. The average Bonchev–Trinajstić information content (AvgIpc) is 2.28. The van der Waals surface area contributed by atoms with Gasteiger partial charge in [-0.15, -0.1) is 0 Å². The summed E-state index contributed by atoms with van der Waals surface area (Å²) in [5.41, 5.74) is 0.0655. The summed E-state index contributed by atoms with van der Waals surface area (Å²) in [5, 5.41) is 21.9. The summed E-state index contributed by atoms with van der Waals surface area (Å²) in [6, 6.07) is 2.56. The standard InChI is InChI=1S/C9H10N2O5/c1-15-8-4-9(16-2)7(11(13)14)3-6(8)5-10-12/h3-5,12H,1-2H3/b10-5-. The Bertz CT molecular complexity index is 430. The fourth-order valence-electron chi connectivity index (χ4n) is 1.21. The van der Waals surface area contributed by atoms with Crippen molar-refractivity contribution in [2.24, 2.45) is 5.16 Å². The van der Waals surface area contributed by atoms with Gasteiger partial charge in [0.1, 0.15) is 5.75 Å². The largest absolute Gasteiger partial charge is 0.496 e. The third kappa shape index (κ3) is 2.19. The number of hydrogen-bond donors (Lipinski definition) is 1. The highest BCUT2D eigenvalue weighted by molar-refractivity contribution is 5.85. The zero-order valence-electron chi connectivity index (χ0n) is 8.71. The number of oxime groups is 1.